The molecule has 0 bridgehead atoms. The van der Waals surface area contributed by atoms with Crippen molar-refractivity contribution in [3.63, 3.8) is 0 Å². The molecule has 0 heterocycles. The fourth-order valence-corrected chi connectivity index (χ4v) is 5.33. The Kier molecular flexibility index (Phi) is 7.37. The molecule has 0 spiro atoms. The molecule has 0 aliphatic heterocycles. The van der Waals surface area contributed by atoms with Crippen LogP contribution in [0.25, 0.3) is 21.5 Å². The van der Waals surface area contributed by atoms with Gasteiger partial charge >= 0.3 is 5.97 Å². The van der Waals surface area contributed by atoms with E-state index >= 15 is 0 Å². The van der Waals surface area contributed by atoms with Crippen LogP contribution in [0.15, 0.2) is 109 Å². The zero-order valence-electron chi connectivity index (χ0n) is 21.5. The highest BCUT2D eigenvalue weighted by molar-refractivity contribution is 7.86. The van der Waals surface area contributed by atoms with E-state index in [0.29, 0.717) is 0 Å². The molecule has 0 aliphatic rings. The molecule has 0 amide bonds. The molecular formula is C27H19N5O9S2. The van der Waals surface area contributed by atoms with Crippen molar-refractivity contribution >= 4 is 76.2 Å². The van der Waals surface area contributed by atoms with Gasteiger partial charge in [0.25, 0.3) is 20.2 Å². The summed E-state index contributed by atoms with van der Waals surface area (Å²) in [6.07, 6.45) is 0. The first-order valence-corrected chi connectivity index (χ1v) is 14.8. The van der Waals surface area contributed by atoms with E-state index in [1.54, 1.807) is 0 Å². The van der Waals surface area contributed by atoms with Gasteiger partial charge in [0, 0.05) is 21.8 Å². The number of anilines is 1. The van der Waals surface area contributed by atoms with Crippen molar-refractivity contribution in [3.05, 3.63) is 84.4 Å². The normalized spacial score (nSPS) is 12.5. The maximum atomic E-state index is 12.1. The van der Waals surface area contributed by atoms with Crippen LogP contribution in [-0.4, -0.2) is 42.1 Å². The number of benzene rings is 5. The Balaban J connectivity index is 1.66. The minimum atomic E-state index is -4.87. The molecule has 0 unspecified atom stereocenters. The lowest BCUT2D eigenvalue weighted by molar-refractivity contribution is 0.0697. The minimum Gasteiger partial charge on any atom is -0.505 e. The van der Waals surface area contributed by atoms with E-state index in [0.717, 1.165) is 18.2 Å². The van der Waals surface area contributed by atoms with Crippen LogP contribution in [0.1, 0.15) is 10.4 Å². The van der Waals surface area contributed by atoms with Gasteiger partial charge in [0.1, 0.15) is 10.6 Å². The molecule has 0 radical (unpaired) electrons. The van der Waals surface area contributed by atoms with Gasteiger partial charge in [-0.15, -0.1) is 15.3 Å². The smallest absolute Gasteiger partial charge is 0.335 e. The van der Waals surface area contributed by atoms with Crippen molar-refractivity contribution in [2.45, 2.75) is 9.79 Å². The molecule has 43 heavy (non-hydrogen) atoms. The quantitative estimate of drug-likeness (QED) is 0.0770. The Morgan fingerprint density at radius 3 is 1.95 bits per heavy atom. The number of carboxylic acids is 1. The predicted molar refractivity (Wildman–Crippen MR) is 155 cm³/mol. The third-order valence-corrected chi connectivity index (χ3v) is 7.96. The van der Waals surface area contributed by atoms with E-state index in [1.165, 1.54) is 60.7 Å². The van der Waals surface area contributed by atoms with Gasteiger partial charge in [-0.1, -0.05) is 12.1 Å². The maximum absolute atomic E-state index is 12.1. The van der Waals surface area contributed by atoms with Crippen molar-refractivity contribution in [1.82, 2.24) is 0 Å². The monoisotopic (exact) mass is 621 g/mol. The highest BCUT2D eigenvalue weighted by atomic mass is 32.2. The van der Waals surface area contributed by atoms with Gasteiger partial charge in [-0.25, -0.2) is 4.79 Å². The molecule has 5 rings (SSSR count). The SMILES string of the molecule is Nc1ccc2cc(S(=O)(=O)O)c(N=Nc3ccc(N=Nc4ccc(C(=O)O)cc4)c4cc(S(=O)(=O)O)ccc34)c(O)c2c1. The van der Waals surface area contributed by atoms with Crippen LogP contribution in [0.4, 0.5) is 28.4 Å². The molecule has 6 N–H and O–H groups in total. The number of nitrogens with zero attached hydrogens (tertiary/aromatic N) is 4. The third kappa shape index (κ3) is 6.02. The number of nitrogens with two attached hydrogens (primary N) is 1. The van der Waals surface area contributed by atoms with Crippen molar-refractivity contribution in [3.8, 4) is 5.75 Å². The molecule has 5 aromatic rings. The number of carboxylic acid groups (broad SMARTS) is 1. The number of hydrogen-bond donors (Lipinski definition) is 5. The summed E-state index contributed by atoms with van der Waals surface area (Å²) in [6, 6.07) is 17.2. The topological polar surface area (TPSA) is 242 Å². The van der Waals surface area contributed by atoms with Gasteiger partial charge in [-0.05, 0) is 72.1 Å². The molecule has 0 aliphatic carbocycles. The van der Waals surface area contributed by atoms with Gasteiger partial charge in [0.2, 0.25) is 0 Å². The summed E-state index contributed by atoms with van der Waals surface area (Å²) in [5, 5.41) is 36.9. The van der Waals surface area contributed by atoms with Crippen LogP contribution in [0, 0.1) is 0 Å². The molecule has 218 valence electrons. The van der Waals surface area contributed by atoms with Crippen LogP contribution >= 0.6 is 0 Å². The molecule has 0 saturated carbocycles. The number of aromatic hydroxyl groups is 1. The average molecular weight is 622 g/mol. The lowest BCUT2D eigenvalue weighted by Gasteiger charge is -2.10. The number of fused-ring (bicyclic) bond motifs is 2. The first-order valence-electron chi connectivity index (χ1n) is 12.0. The van der Waals surface area contributed by atoms with Gasteiger partial charge in [-0.3, -0.25) is 9.11 Å². The molecule has 0 fully saturated rings. The number of phenols is 1. The summed E-state index contributed by atoms with van der Waals surface area (Å²) in [7, 11) is -9.50. The second kappa shape index (κ2) is 10.8. The Morgan fingerprint density at radius 1 is 0.674 bits per heavy atom. The average Bonchev–Trinajstić information content (AvgIpc) is 2.95. The van der Waals surface area contributed by atoms with E-state index in [1.807, 2.05) is 0 Å². The summed E-state index contributed by atoms with van der Waals surface area (Å²) in [5.74, 6) is -1.74. The lowest BCUT2D eigenvalue weighted by Crippen LogP contribution is -1.99. The highest BCUT2D eigenvalue weighted by Gasteiger charge is 2.22. The Hall–Kier alpha value is -5.29. The predicted octanol–water partition coefficient (Wildman–Crippen LogP) is 6.30. The molecule has 0 aromatic heterocycles. The number of phenolic OH excluding ortho intramolecular Hbond substituents is 1. The highest BCUT2D eigenvalue weighted by Crippen LogP contribution is 2.43. The molecular weight excluding hydrogens is 602 g/mol. The number of hydrogen-bond acceptors (Lipinski definition) is 11. The standard InChI is InChI=1S/C27H19N5O9S2/c28-16-4-1-15-11-24(43(39,40)41)25(26(33)20(15)12-16)32-31-22-9-10-23(21-13-18(42(36,37)38)7-8-19(21)22)30-29-17-5-2-14(3-6-17)27(34)35/h1-13,33H,28H2,(H,34,35)(H,36,37,38)(H,39,40,41). The van der Waals surface area contributed by atoms with Crippen LogP contribution in [0.3, 0.4) is 0 Å². The number of nitrogen functional groups attached to an aromatic ring is 1. The second-order valence-electron chi connectivity index (χ2n) is 9.07. The van der Waals surface area contributed by atoms with E-state index < -0.39 is 47.4 Å². The van der Waals surface area contributed by atoms with Crippen molar-refractivity contribution in [2.75, 3.05) is 5.73 Å². The Morgan fingerprint density at radius 2 is 1.33 bits per heavy atom. The molecule has 16 heteroatoms. The van der Waals surface area contributed by atoms with Gasteiger partial charge in [0.05, 0.1) is 27.5 Å². The van der Waals surface area contributed by atoms with Crippen molar-refractivity contribution in [2.24, 2.45) is 20.5 Å². The van der Waals surface area contributed by atoms with Crippen LogP contribution in [0.5, 0.6) is 5.75 Å². The molecule has 5 aromatic carbocycles. The van der Waals surface area contributed by atoms with Crippen molar-refractivity contribution < 1.29 is 40.9 Å². The number of carbonyl (C=O) groups is 1. The molecule has 14 nitrogen and oxygen atoms in total. The van der Waals surface area contributed by atoms with Gasteiger partial charge in [0.15, 0.2) is 5.75 Å². The van der Waals surface area contributed by atoms with Crippen LogP contribution in [0.2, 0.25) is 0 Å². The van der Waals surface area contributed by atoms with E-state index in [-0.39, 0.29) is 49.9 Å². The molecule has 0 saturated heterocycles. The minimum absolute atomic E-state index is 0.0370. The first-order chi connectivity index (χ1) is 20.2. The summed E-state index contributed by atoms with van der Waals surface area (Å²) in [4.78, 5) is 9.90. The fraction of sp³-hybridized carbons (Fsp3) is 0. The third-order valence-electron chi connectivity index (χ3n) is 6.24. The van der Waals surface area contributed by atoms with Crippen LogP contribution in [-0.2, 0) is 20.2 Å². The number of rotatable bonds is 7. The lowest BCUT2D eigenvalue weighted by atomic mass is 10.1. The van der Waals surface area contributed by atoms with E-state index in [9.17, 15) is 35.8 Å². The van der Waals surface area contributed by atoms with Gasteiger partial charge in [-0.2, -0.15) is 21.9 Å². The fourth-order valence-electron chi connectivity index (χ4n) is 4.17. The Bertz CT molecular complexity index is 2230. The molecule has 0 atom stereocenters. The zero-order chi connectivity index (χ0) is 31.1. The van der Waals surface area contributed by atoms with Crippen molar-refractivity contribution in [1.29, 1.82) is 0 Å². The largest absolute Gasteiger partial charge is 0.505 e. The zero-order valence-corrected chi connectivity index (χ0v) is 23.2. The van der Waals surface area contributed by atoms with Gasteiger partial charge < -0.3 is 15.9 Å². The summed E-state index contributed by atoms with van der Waals surface area (Å²) in [6.45, 7) is 0. The number of aromatic carboxylic acids is 1. The second-order valence-corrected chi connectivity index (χ2v) is 11.9. The maximum Gasteiger partial charge on any atom is 0.335 e. The first kappa shape index (κ1) is 29.2. The number of azo groups is 2. The summed E-state index contributed by atoms with van der Waals surface area (Å²) < 4.78 is 67.4. The Labute approximate surface area is 243 Å². The van der Waals surface area contributed by atoms with E-state index in [4.69, 9.17) is 10.8 Å². The summed E-state index contributed by atoms with van der Waals surface area (Å²) in [5.41, 5.74) is 6.02. The van der Waals surface area contributed by atoms with E-state index in [2.05, 4.69) is 20.5 Å². The van der Waals surface area contributed by atoms with Crippen LogP contribution < -0.4 is 5.73 Å². The summed E-state index contributed by atoms with van der Waals surface area (Å²) >= 11 is 0.